The Hall–Kier alpha value is -0.930. The average Bonchev–Trinajstić information content (AvgIpc) is 2.34. The van der Waals surface area contributed by atoms with Crippen molar-refractivity contribution in [2.75, 3.05) is 5.75 Å². The van der Waals surface area contributed by atoms with E-state index in [1.165, 1.54) is 17.3 Å². The Labute approximate surface area is 111 Å². The Morgan fingerprint density at radius 1 is 1.47 bits per heavy atom. The van der Waals surface area contributed by atoms with E-state index < -0.39 is 11.2 Å². The van der Waals surface area contributed by atoms with Crippen LogP contribution in [0.5, 0.6) is 0 Å². The molecule has 1 aromatic carbocycles. The summed E-state index contributed by atoms with van der Waals surface area (Å²) >= 11 is 6.96. The number of halogens is 1. The van der Waals surface area contributed by atoms with Gasteiger partial charge in [0.05, 0.1) is 0 Å². The van der Waals surface area contributed by atoms with Gasteiger partial charge in [-0.25, -0.2) is 0 Å². The SMILES string of the molecule is C/C(=C/Cl)CSC(Cc1ccccc1)C(=O)O. The standard InChI is InChI=1S/C13H15ClO2S/c1-10(8-14)9-17-12(13(15)16)7-11-5-3-2-4-6-11/h2-6,8,12H,7,9H2,1H3,(H,15,16)/b10-8-. The maximum absolute atomic E-state index is 11.1. The molecule has 0 spiro atoms. The molecular formula is C13H15ClO2S. The molecule has 1 rings (SSSR count). The maximum atomic E-state index is 11.1. The quantitative estimate of drug-likeness (QED) is 0.859. The van der Waals surface area contributed by atoms with E-state index in [1.807, 2.05) is 37.3 Å². The summed E-state index contributed by atoms with van der Waals surface area (Å²) < 4.78 is 0. The van der Waals surface area contributed by atoms with Crippen LogP contribution in [0.2, 0.25) is 0 Å². The number of benzene rings is 1. The highest BCUT2D eigenvalue weighted by atomic mass is 35.5. The van der Waals surface area contributed by atoms with Gasteiger partial charge in [0.1, 0.15) is 5.25 Å². The molecule has 0 aromatic heterocycles. The Balaban J connectivity index is 2.58. The van der Waals surface area contributed by atoms with Gasteiger partial charge in [-0.15, -0.1) is 11.8 Å². The Morgan fingerprint density at radius 2 is 2.12 bits per heavy atom. The van der Waals surface area contributed by atoms with Crippen LogP contribution < -0.4 is 0 Å². The molecule has 0 radical (unpaired) electrons. The van der Waals surface area contributed by atoms with Crippen molar-refractivity contribution in [1.29, 1.82) is 0 Å². The van der Waals surface area contributed by atoms with Crippen LogP contribution in [0.25, 0.3) is 0 Å². The van der Waals surface area contributed by atoms with Crippen molar-refractivity contribution >= 4 is 29.3 Å². The van der Waals surface area contributed by atoms with Gasteiger partial charge in [0, 0.05) is 11.3 Å². The zero-order valence-corrected chi connectivity index (χ0v) is 11.2. The predicted octanol–water partition coefficient (Wildman–Crippen LogP) is 3.56. The summed E-state index contributed by atoms with van der Waals surface area (Å²) in [6, 6.07) is 9.65. The first-order valence-corrected chi connectivity index (χ1v) is 6.76. The normalized spacial score (nSPS) is 13.4. The first-order chi connectivity index (χ1) is 8.13. The predicted molar refractivity (Wildman–Crippen MR) is 73.6 cm³/mol. The fourth-order valence-corrected chi connectivity index (χ4v) is 2.48. The summed E-state index contributed by atoms with van der Waals surface area (Å²) in [6.45, 7) is 1.89. The molecule has 0 aliphatic carbocycles. The number of rotatable bonds is 6. The topological polar surface area (TPSA) is 37.3 Å². The Kier molecular flexibility index (Phi) is 6.16. The average molecular weight is 271 g/mol. The smallest absolute Gasteiger partial charge is 0.316 e. The molecule has 4 heteroatoms. The van der Waals surface area contributed by atoms with Gasteiger partial charge in [0.25, 0.3) is 0 Å². The van der Waals surface area contributed by atoms with Gasteiger partial charge in [0.15, 0.2) is 0 Å². The third-order valence-electron chi connectivity index (χ3n) is 2.24. The molecule has 0 bridgehead atoms. The molecule has 92 valence electrons. The van der Waals surface area contributed by atoms with E-state index in [1.54, 1.807) is 0 Å². The molecule has 0 fully saturated rings. The summed E-state index contributed by atoms with van der Waals surface area (Å²) in [4.78, 5) is 11.1. The zero-order valence-electron chi connectivity index (χ0n) is 9.60. The second-order valence-electron chi connectivity index (χ2n) is 3.78. The van der Waals surface area contributed by atoms with Crippen LogP contribution in [0, 0.1) is 0 Å². The third-order valence-corrected chi connectivity index (χ3v) is 4.00. The van der Waals surface area contributed by atoms with Gasteiger partial charge in [-0.05, 0) is 18.9 Å². The third kappa shape index (κ3) is 5.29. The van der Waals surface area contributed by atoms with E-state index >= 15 is 0 Å². The largest absolute Gasteiger partial charge is 0.480 e. The van der Waals surface area contributed by atoms with E-state index in [0.29, 0.717) is 12.2 Å². The Bertz CT molecular complexity index is 390. The molecule has 0 saturated heterocycles. The van der Waals surface area contributed by atoms with Gasteiger partial charge in [-0.1, -0.05) is 47.5 Å². The van der Waals surface area contributed by atoms with Crippen molar-refractivity contribution in [1.82, 2.24) is 0 Å². The van der Waals surface area contributed by atoms with Crippen molar-refractivity contribution in [2.24, 2.45) is 0 Å². The molecule has 1 atom stereocenters. The minimum absolute atomic E-state index is 0.427. The number of aliphatic carboxylic acids is 1. The highest BCUT2D eigenvalue weighted by molar-refractivity contribution is 8.00. The number of hydrogen-bond acceptors (Lipinski definition) is 2. The first kappa shape index (κ1) is 14.1. The highest BCUT2D eigenvalue weighted by Gasteiger charge is 2.18. The lowest BCUT2D eigenvalue weighted by atomic mass is 10.1. The minimum Gasteiger partial charge on any atom is -0.480 e. The number of carboxylic acids is 1. The molecule has 0 aliphatic heterocycles. The van der Waals surface area contributed by atoms with E-state index in [9.17, 15) is 4.79 Å². The van der Waals surface area contributed by atoms with Crippen molar-refractivity contribution in [3.8, 4) is 0 Å². The summed E-state index contributed by atoms with van der Waals surface area (Å²) in [6.07, 6.45) is 0.538. The monoisotopic (exact) mass is 270 g/mol. The van der Waals surface area contributed by atoms with E-state index in [-0.39, 0.29) is 0 Å². The molecule has 1 N–H and O–H groups in total. The number of hydrogen-bond donors (Lipinski definition) is 1. The lowest BCUT2D eigenvalue weighted by Gasteiger charge is -2.12. The fourth-order valence-electron chi connectivity index (χ4n) is 1.31. The second-order valence-corrected chi connectivity index (χ2v) is 5.19. The van der Waals surface area contributed by atoms with Crippen molar-refractivity contribution in [3.05, 3.63) is 47.0 Å². The summed E-state index contributed by atoms with van der Waals surface area (Å²) in [7, 11) is 0. The minimum atomic E-state index is -0.777. The van der Waals surface area contributed by atoms with Crippen LogP contribution in [-0.2, 0) is 11.2 Å². The second kappa shape index (κ2) is 7.41. The maximum Gasteiger partial charge on any atom is 0.316 e. The lowest BCUT2D eigenvalue weighted by Crippen LogP contribution is -2.19. The van der Waals surface area contributed by atoms with E-state index in [4.69, 9.17) is 16.7 Å². The molecule has 0 heterocycles. The molecule has 0 aliphatic rings. The zero-order chi connectivity index (χ0) is 12.7. The van der Waals surface area contributed by atoms with Gasteiger partial charge in [-0.3, -0.25) is 4.79 Å². The highest BCUT2D eigenvalue weighted by Crippen LogP contribution is 2.19. The van der Waals surface area contributed by atoms with E-state index in [2.05, 4.69) is 0 Å². The molecule has 0 saturated carbocycles. The Morgan fingerprint density at radius 3 is 2.65 bits per heavy atom. The van der Waals surface area contributed by atoms with Gasteiger partial charge < -0.3 is 5.11 Å². The molecular weight excluding hydrogens is 256 g/mol. The lowest BCUT2D eigenvalue weighted by molar-refractivity contribution is -0.136. The van der Waals surface area contributed by atoms with Crippen molar-refractivity contribution in [3.63, 3.8) is 0 Å². The molecule has 2 nitrogen and oxygen atoms in total. The van der Waals surface area contributed by atoms with Gasteiger partial charge in [0.2, 0.25) is 0 Å². The molecule has 17 heavy (non-hydrogen) atoms. The van der Waals surface area contributed by atoms with Crippen LogP contribution in [0.3, 0.4) is 0 Å². The van der Waals surface area contributed by atoms with Crippen molar-refractivity contribution in [2.45, 2.75) is 18.6 Å². The summed E-state index contributed by atoms with van der Waals surface area (Å²) in [5.41, 5.74) is 3.52. The van der Waals surface area contributed by atoms with Crippen molar-refractivity contribution < 1.29 is 9.90 Å². The number of carboxylic acid groups (broad SMARTS) is 1. The summed E-state index contributed by atoms with van der Waals surface area (Å²) in [5, 5.41) is 8.72. The molecule has 0 amide bonds. The molecule has 1 unspecified atom stereocenters. The van der Waals surface area contributed by atoms with E-state index in [0.717, 1.165) is 11.1 Å². The molecule has 1 aromatic rings. The van der Waals surface area contributed by atoms with Crippen LogP contribution >= 0.6 is 23.4 Å². The fraction of sp³-hybridized carbons (Fsp3) is 0.308. The number of thioether (sulfide) groups is 1. The number of carbonyl (C=O) groups is 1. The van der Waals surface area contributed by atoms with Gasteiger partial charge >= 0.3 is 5.97 Å². The summed E-state index contributed by atoms with van der Waals surface area (Å²) in [5.74, 6) is -0.131. The van der Waals surface area contributed by atoms with Crippen LogP contribution in [0.1, 0.15) is 12.5 Å². The van der Waals surface area contributed by atoms with Gasteiger partial charge in [-0.2, -0.15) is 0 Å². The van der Waals surface area contributed by atoms with Crippen LogP contribution in [0.15, 0.2) is 41.4 Å². The van der Waals surface area contributed by atoms with Crippen LogP contribution in [0.4, 0.5) is 0 Å². The first-order valence-electron chi connectivity index (χ1n) is 5.27. The van der Waals surface area contributed by atoms with Crippen LogP contribution in [-0.4, -0.2) is 22.1 Å².